The summed E-state index contributed by atoms with van der Waals surface area (Å²) in [5, 5.41) is 23.5. The van der Waals surface area contributed by atoms with Crippen LogP contribution < -0.4 is 4.74 Å². The minimum Gasteiger partial charge on any atom is -0.504 e. The molecule has 42 heavy (non-hydrogen) atoms. The van der Waals surface area contributed by atoms with E-state index in [1.807, 2.05) is 26.0 Å². The Hall–Kier alpha value is -3.30. The molecule has 2 unspecified atom stereocenters. The molecule has 2 N–H and O–H groups in total. The van der Waals surface area contributed by atoms with Crippen molar-refractivity contribution in [3.8, 4) is 11.5 Å². The van der Waals surface area contributed by atoms with Crippen molar-refractivity contribution < 1.29 is 32.9 Å². The molecule has 1 amide bonds. The first kappa shape index (κ1) is 28.8. The van der Waals surface area contributed by atoms with Crippen molar-refractivity contribution in [1.82, 2.24) is 9.80 Å². The molecule has 0 aromatic heterocycles. The smallest absolute Gasteiger partial charge is 0.416 e. The zero-order valence-corrected chi connectivity index (χ0v) is 23.9. The van der Waals surface area contributed by atoms with E-state index in [4.69, 9.17) is 4.74 Å². The molecular weight excluding hydrogens is 545 g/mol. The maximum Gasteiger partial charge on any atom is 0.416 e. The van der Waals surface area contributed by atoms with E-state index in [0.29, 0.717) is 51.1 Å². The van der Waals surface area contributed by atoms with Crippen molar-refractivity contribution in [3.63, 3.8) is 0 Å². The number of aliphatic hydroxyl groups is 1. The third-order valence-electron chi connectivity index (χ3n) is 9.78. The first-order valence-corrected chi connectivity index (χ1v) is 14.7. The average molecular weight is 583 g/mol. The van der Waals surface area contributed by atoms with Crippen molar-refractivity contribution in [2.75, 3.05) is 19.6 Å². The van der Waals surface area contributed by atoms with Gasteiger partial charge in [-0.1, -0.05) is 38.1 Å². The molecular formula is C33H37F3N2O4. The fourth-order valence-corrected chi connectivity index (χ4v) is 8.17. The summed E-state index contributed by atoms with van der Waals surface area (Å²) in [4.78, 5) is 17.9. The zero-order valence-electron chi connectivity index (χ0n) is 23.9. The number of rotatable bonds is 7. The first-order valence-electron chi connectivity index (χ1n) is 14.7. The Balaban J connectivity index is 1.39. The SMILES string of the molecule is C=CCN1CC[C@]23c4c5ccc(O)c4OC2C(N(CC(C)C)C(=O)C=Cc2cccc(C(F)(F)F)c2)CC[C@@]3(O)[C@H]1C5. The number of aromatic hydroxyl groups is 1. The minimum absolute atomic E-state index is 0.0248. The summed E-state index contributed by atoms with van der Waals surface area (Å²) in [6, 6.07) is 7.88. The maximum absolute atomic E-state index is 13.8. The predicted molar refractivity (Wildman–Crippen MR) is 153 cm³/mol. The van der Waals surface area contributed by atoms with Crippen LogP contribution in [-0.4, -0.2) is 69.3 Å². The normalized spacial score (nSPS) is 29.8. The molecule has 6 nitrogen and oxygen atoms in total. The fraction of sp³-hybridized carbons (Fsp3) is 0.485. The number of nitrogens with zero attached hydrogens (tertiary/aromatic N) is 2. The molecule has 2 heterocycles. The molecule has 1 saturated carbocycles. The number of piperidine rings is 1. The van der Waals surface area contributed by atoms with E-state index in [9.17, 15) is 28.2 Å². The Kier molecular flexibility index (Phi) is 6.97. The van der Waals surface area contributed by atoms with Crippen LogP contribution in [0.2, 0.25) is 0 Å². The van der Waals surface area contributed by atoms with Gasteiger partial charge in [0, 0.05) is 30.8 Å². The van der Waals surface area contributed by atoms with Crippen molar-refractivity contribution in [3.05, 3.63) is 77.4 Å². The number of carbonyl (C=O) groups excluding carboxylic acids is 1. The van der Waals surface area contributed by atoms with E-state index >= 15 is 0 Å². The Labute approximate surface area is 244 Å². The predicted octanol–water partition coefficient (Wildman–Crippen LogP) is 5.32. The molecule has 224 valence electrons. The van der Waals surface area contributed by atoms with Crippen molar-refractivity contribution in [1.29, 1.82) is 0 Å². The van der Waals surface area contributed by atoms with E-state index < -0.39 is 34.9 Å². The highest BCUT2D eigenvalue weighted by Gasteiger charge is 2.73. The lowest BCUT2D eigenvalue weighted by Crippen LogP contribution is -2.78. The van der Waals surface area contributed by atoms with Crippen LogP contribution in [0.25, 0.3) is 6.08 Å². The Morgan fingerprint density at radius 3 is 2.76 bits per heavy atom. The van der Waals surface area contributed by atoms with Crippen LogP contribution in [0.3, 0.4) is 0 Å². The molecule has 4 aliphatic rings. The number of amides is 1. The molecule has 2 aromatic rings. The molecule has 2 fully saturated rings. The molecule has 6 rings (SSSR count). The molecule has 0 radical (unpaired) electrons. The number of phenols is 1. The lowest BCUT2D eigenvalue weighted by Gasteiger charge is -2.64. The number of halogens is 3. The van der Waals surface area contributed by atoms with Gasteiger partial charge in [-0.25, -0.2) is 0 Å². The van der Waals surface area contributed by atoms with Crippen LogP contribution in [0.5, 0.6) is 11.5 Å². The van der Waals surface area contributed by atoms with Crippen LogP contribution in [-0.2, 0) is 22.8 Å². The molecule has 2 aliphatic carbocycles. The van der Waals surface area contributed by atoms with Crippen LogP contribution >= 0.6 is 0 Å². The maximum atomic E-state index is 13.8. The highest BCUT2D eigenvalue weighted by atomic mass is 19.4. The Bertz CT molecular complexity index is 1440. The second-order valence-electron chi connectivity index (χ2n) is 12.6. The van der Waals surface area contributed by atoms with Gasteiger partial charge in [-0.2, -0.15) is 13.2 Å². The lowest BCUT2D eigenvalue weighted by molar-refractivity contribution is -0.199. The molecule has 1 spiro atoms. The van der Waals surface area contributed by atoms with Gasteiger partial charge in [-0.15, -0.1) is 6.58 Å². The van der Waals surface area contributed by atoms with Gasteiger partial charge < -0.3 is 19.8 Å². The molecule has 2 aliphatic heterocycles. The summed E-state index contributed by atoms with van der Waals surface area (Å²) in [5.74, 6) is 0.204. The number of hydrogen-bond donors (Lipinski definition) is 2. The zero-order chi connectivity index (χ0) is 30.0. The van der Waals surface area contributed by atoms with Crippen LogP contribution in [0.4, 0.5) is 13.2 Å². The molecule has 2 aromatic carbocycles. The number of phenolic OH excluding ortho intramolecular Hbond substituents is 1. The summed E-state index contributed by atoms with van der Waals surface area (Å²) in [6.45, 7) is 9.71. The quantitative estimate of drug-likeness (QED) is 0.342. The molecule has 9 heteroatoms. The second-order valence-corrected chi connectivity index (χ2v) is 12.6. The second kappa shape index (κ2) is 10.2. The number of benzene rings is 2. The third kappa shape index (κ3) is 4.27. The van der Waals surface area contributed by atoms with Gasteiger partial charge in [0.15, 0.2) is 11.5 Å². The topological polar surface area (TPSA) is 73.2 Å². The van der Waals surface area contributed by atoms with Gasteiger partial charge in [0.05, 0.1) is 22.6 Å². The summed E-state index contributed by atoms with van der Waals surface area (Å²) >= 11 is 0. The van der Waals surface area contributed by atoms with Crippen molar-refractivity contribution in [2.45, 2.75) is 74.9 Å². The number of alkyl halides is 3. The van der Waals surface area contributed by atoms with E-state index in [0.717, 1.165) is 23.3 Å². The highest BCUT2D eigenvalue weighted by Crippen LogP contribution is 2.65. The van der Waals surface area contributed by atoms with Gasteiger partial charge in [0.25, 0.3) is 0 Å². The Morgan fingerprint density at radius 1 is 1.26 bits per heavy atom. The van der Waals surface area contributed by atoms with Gasteiger partial charge in [-0.3, -0.25) is 9.69 Å². The third-order valence-corrected chi connectivity index (χ3v) is 9.78. The minimum atomic E-state index is -4.48. The van der Waals surface area contributed by atoms with Crippen LogP contribution in [0.15, 0.2) is 55.1 Å². The van der Waals surface area contributed by atoms with Gasteiger partial charge in [0.2, 0.25) is 5.91 Å². The fourth-order valence-electron chi connectivity index (χ4n) is 8.17. The number of carbonyl (C=O) groups is 1. The number of hydrogen-bond acceptors (Lipinski definition) is 5. The van der Waals surface area contributed by atoms with Crippen LogP contribution in [0, 0.1) is 5.92 Å². The summed E-state index contributed by atoms with van der Waals surface area (Å²) in [7, 11) is 0. The Morgan fingerprint density at radius 2 is 2.05 bits per heavy atom. The van der Waals surface area contributed by atoms with Gasteiger partial charge in [-0.05, 0) is 73.5 Å². The molecule has 2 bridgehead atoms. The summed E-state index contributed by atoms with van der Waals surface area (Å²) in [6.07, 6.45) is 1.70. The number of likely N-dealkylation sites (tertiary alicyclic amines) is 1. The standard InChI is InChI=1S/C33H37F3N2O4/c1-4-15-37-16-14-31-28-22-9-10-25(39)29(28)42-30(31)24(12-13-32(31,41)26(37)18-22)38(19-20(2)3)27(40)11-8-21-6-5-7-23(17-21)33(34,35)36/h4-11,17,20,24,26,30,39,41H,1,12-16,18-19H2,2-3H3/t24?,26-,30?,31+,32-/m1/s1. The van der Waals surface area contributed by atoms with Crippen molar-refractivity contribution in [2.24, 2.45) is 5.92 Å². The summed E-state index contributed by atoms with van der Waals surface area (Å²) < 4.78 is 46.4. The average Bonchev–Trinajstić information content (AvgIpc) is 3.29. The molecule has 1 saturated heterocycles. The first-order chi connectivity index (χ1) is 19.9. The van der Waals surface area contributed by atoms with Crippen LogP contribution in [0.1, 0.15) is 55.4 Å². The van der Waals surface area contributed by atoms with E-state index in [-0.39, 0.29) is 29.2 Å². The summed E-state index contributed by atoms with van der Waals surface area (Å²) in [5.41, 5.74) is -0.513. The van der Waals surface area contributed by atoms with E-state index in [1.54, 1.807) is 11.0 Å². The van der Waals surface area contributed by atoms with Crippen molar-refractivity contribution >= 4 is 12.0 Å². The number of ether oxygens (including phenoxy) is 1. The highest BCUT2D eigenvalue weighted by molar-refractivity contribution is 5.92. The molecule has 5 atom stereocenters. The van der Waals surface area contributed by atoms with E-state index in [2.05, 4.69) is 11.5 Å². The monoisotopic (exact) mass is 582 g/mol. The van der Waals surface area contributed by atoms with E-state index in [1.165, 1.54) is 24.3 Å². The largest absolute Gasteiger partial charge is 0.504 e. The van der Waals surface area contributed by atoms with Gasteiger partial charge in [0.1, 0.15) is 6.10 Å². The lowest BCUT2D eigenvalue weighted by atomic mass is 9.48. The van der Waals surface area contributed by atoms with Gasteiger partial charge >= 0.3 is 6.18 Å².